The van der Waals surface area contributed by atoms with Crippen molar-refractivity contribution in [3.05, 3.63) is 47.5 Å². The third-order valence-corrected chi connectivity index (χ3v) is 6.51. The van der Waals surface area contributed by atoms with Crippen LogP contribution in [0, 0.1) is 0 Å². The molecule has 158 valence electrons. The monoisotopic (exact) mass is 435 g/mol. The first kappa shape index (κ1) is 18.8. The molecule has 0 spiro atoms. The first-order chi connectivity index (χ1) is 15.3. The fourth-order valence-electron chi connectivity index (χ4n) is 4.76. The summed E-state index contributed by atoms with van der Waals surface area (Å²) < 4.78 is 5.59. The van der Waals surface area contributed by atoms with Gasteiger partial charge in [-0.3, -0.25) is 0 Å². The lowest BCUT2D eigenvalue weighted by Gasteiger charge is -2.33. The Morgan fingerprint density at radius 3 is 2.87 bits per heavy atom. The van der Waals surface area contributed by atoms with E-state index in [9.17, 15) is 0 Å². The van der Waals surface area contributed by atoms with Crippen LogP contribution in [0.3, 0.4) is 0 Å². The van der Waals surface area contributed by atoms with E-state index in [4.69, 9.17) is 21.3 Å². The third-order valence-electron chi connectivity index (χ3n) is 6.20. The summed E-state index contributed by atoms with van der Waals surface area (Å²) in [5, 5.41) is 1.73. The maximum Gasteiger partial charge on any atom is 0.182 e. The number of hydrogen-bond donors (Lipinski definition) is 1. The molecule has 1 N–H and O–H groups in total. The van der Waals surface area contributed by atoms with Gasteiger partial charge in [0.1, 0.15) is 17.7 Å². The Morgan fingerprint density at radius 1 is 1.06 bits per heavy atom. The summed E-state index contributed by atoms with van der Waals surface area (Å²) >= 11 is 6.51. The summed E-state index contributed by atoms with van der Waals surface area (Å²) in [6, 6.07) is 8.38. The van der Waals surface area contributed by atoms with Crippen molar-refractivity contribution in [1.29, 1.82) is 0 Å². The molecule has 1 aromatic carbocycles. The number of fused-ring (bicyclic) bond motifs is 2. The molecule has 2 aliphatic rings. The van der Waals surface area contributed by atoms with Gasteiger partial charge in [0.15, 0.2) is 11.5 Å². The summed E-state index contributed by atoms with van der Waals surface area (Å²) in [5.74, 6) is 1.89. The second-order valence-electron chi connectivity index (χ2n) is 7.96. The minimum absolute atomic E-state index is 0.162. The third kappa shape index (κ3) is 3.18. The van der Waals surface area contributed by atoms with E-state index < -0.39 is 0 Å². The second kappa shape index (κ2) is 7.62. The van der Waals surface area contributed by atoms with Crippen molar-refractivity contribution in [3.63, 3.8) is 0 Å². The van der Waals surface area contributed by atoms with Crippen LogP contribution >= 0.6 is 11.6 Å². The van der Waals surface area contributed by atoms with Gasteiger partial charge in [0.2, 0.25) is 0 Å². The zero-order valence-corrected chi connectivity index (χ0v) is 17.7. The summed E-state index contributed by atoms with van der Waals surface area (Å²) in [6.45, 7) is 3.97. The van der Waals surface area contributed by atoms with E-state index in [0.29, 0.717) is 23.9 Å². The molecule has 2 saturated heterocycles. The fourth-order valence-corrected chi connectivity index (χ4v) is 4.98. The molecule has 9 heteroatoms. The Bertz CT molecular complexity index is 1250. The number of morpholine rings is 1. The molecule has 4 aromatic rings. The summed E-state index contributed by atoms with van der Waals surface area (Å²) in [6.07, 6.45) is 5.38. The van der Waals surface area contributed by atoms with Crippen molar-refractivity contribution in [3.8, 4) is 0 Å². The van der Waals surface area contributed by atoms with E-state index in [0.717, 1.165) is 60.5 Å². The van der Waals surface area contributed by atoms with Crippen LogP contribution in [0.15, 0.2) is 36.9 Å². The number of nitrogens with one attached hydrogen (secondary N) is 1. The summed E-state index contributed by atoms with van der Waals surface area (Å²) in [4.78, 5) is 26.2. The van der Waals surface area contributed by atoms with Crippen molar-refractivity contribution < 1.29 is 4.74 Å². The quantitative estimate of drug-likeness (QED) is 0.524. The molecule has 3 aromatic heterocycles. The predicted octanol–water partition coefficient (Wildman–Crippen LogP) is 3.73. The smallest absolute Gasteiger partial charge is 0.182 e. The molecule has 8 nitrogen and oxygen atoms in total. The number of imidazole rings is 1. The maximum atomic E-state index is 6.51. The molecule has 0 saturated carbocycles. The first-order valence-corrected chi connectivity index (χ1v) is 11.0. The highest BCUT2D eigenvalue weighted by Crippen LogP contribution is 2.42. The highest BCUT2D eigenvalue weighted by Gasteiger charge is 2.33. The highest BCUT2D eigenvalue weighted by atomic mass is 35.5. The number of aromatic nitrogens is 5. The van der Waals surface area contributed by atoms with E-state index in [2.05, 4.69) is 41.9 Å². The molecule has 2 fully saturated rings. The van der Waals surface area contributed by atoms with E-state index in [1.165, 1.54) is 5.56 Å². The van der Waals surface area contributed by atoms with Crippen LogP contribution < -0.4 is 9.80 Å². The Kier molecular flexibility index (Phi) is 4.61. The van der Waals surface area contributed by atoms with Gasteiger partial charge < -0.3 is 19.5 Å². The molecule has 0 radical (unpaired) electrons. The number of benzene rings is 1. The number of H-pyrrole nitrogens is 1. The topological polar surface area (TPSA) is 83.1 Å². The molecule has 1 atom stereocenters. The number of pyridine rings is 1. The van der Waals surface area contributed by atoms with Gasteiger partial charge in [-0.25, -0.2) is 19.9 Å². The summed E-state index contributed by atoms with van der Waals surface area (Å²) in [5.41, 5.74) is 3.61. The number of aromatic amines is 1. The Labute approximate surface area is 184 Å². The lowest BCUT2D eigenvalue weighted by Crippen LogP contribution is -2.38. The molecule has 0 unspecified atom stereocenters. The largest absolute Gasteiger partial charge is 0.378 e. The van der Waals surface area contributed by atoms with Gasteiger partial charge in [-0.15, -0.1) is 0 Å². The van der Waals surface area contributed by atoms with Crippen molar-refractivity contribution >= 4 is 45.3 Å². The molecular formula is C22H22ClN7O. The van der Waals surface area contributed by atoms with Crippen LogP contribution in [-0.4, -0.2) is 57.8 Å². The number of ether oxygens (including phenoxy) is 1. The lowest BCUT2D eigenvalue weighted by molar-refractivity contribution is 0.122. The van der Waals surface area contributed by atoms with Crippen LogP contribution in [0.25, 0.3) is 22.1 Å². The number of halogens is 1. The van der Waals surface area contributed by atoms with E-state index in [-0.39, 0.29) is 6.04 Å². The van der Waals surface area contributed by atoms with Crippen molar-refractivity contribution in [2.75, 3.05) is 42.6 Å². The zero-order valence-electron chi connectivity index (χ0n) is 17.0. The second-order valence-corrected chi connectivity index (χ2v) is 8.37. The van der Waals surface area contributed by atoms with Gasteiger partial charge in [-0.1, -0.05) is 23.7 Å². The number of rotatable bonds is 3. The minimum Gasteiger partial charge on any atom is -0.378 e. The minimum atomic E-state index is 0.162. The normalized spacial score (nSPS) is 19.6. The van der Waals surface area contributed by atoms with Crippen LogP contribution in [0.4, 0.5) is 11.6 Å². The number of anilines is 2. The van der Waals surface area contributed by atoms with Crippen LogP contribution in [0.2, 0.25) is 5.02 Å². The van der Waals surface area contributed by atoms with Crippen LogP contribution in [0.1, 0.15) is 24.4 Å². The van der Waals surface area contributed by atoms with Gasteiger partial charge in [0.25, 0.3) is 0 Å². The van der Waals surface area contributed by atoms with Crippen molar-refractivity contribution in [2.24, 2.45) is 0 Å². The van der Waals surface area contributed by atoms with Gasteiger partial charge in [0, 0.05) is 30.6 Å². The molecule has 0 amide bonds. The van der Waals surface area contributed by atoms with Crippen molar-refractivity contribution in [1.82, 2.24) is 24.9 Å². The molecule has 6 rings (SSSR count). The summed E-state index contributed by atoms with van der Waals surface area (Å²) in [7, 11) is 0. The molecular weight excluding hydrogens is 414 g/mol. The fraction of sp³-hybridized carbons (Fsp3) is 0.364. The Morgan fingerprint density at radius 2 is 1.97 bits per heavy atom. The van der Waals surface area contributed by atoms with Gasteiger partial charge in [0.05, 0.1) is 36.1 Å². The average molecular weight is 436 g/mol. The predicted molar refractivity (Wildman–Crippen MR) is 121 cm³/mol. The molecule has 0 aliphatic carbocycles. The molecule has 2 aliphatic heterocycles. The Hall–Kier alpha value is -2.97. The SMILES string of the molecule is Clc1cccc2cc([C@@H]3CCCN3c3ncnc4nc[nH]c34)c(N3CCOCC3)nc12. The number of para-hydroxylation sites is 1. The number of hydrogen-bond acceptors (Lipinski definition) is 7. The molecule has 31 heavy (non-hydrogen) atoms. The number of nitrogens with zero attached hydrogens (tertiary/aromatic N) is 6. The average Bonchev–Trinajstić information content (AvgIpc) is 3.49. The van der Waals surface area contributed by atoms with E-state index in [1.54, 1.807) is 12.7 Å². The van der Waals surface area contributed by atoms with Crippen LogP contribution in [-0.2, 0) is 4.74 Å². The highest BCUT2D eigenvalue weighted by molar-refractivity contribution is 6.35. The Balaban J connectivity index is 1.51. The van der Waals surface area contributed by atoms with Crippen LogP contribution in [0.5, 0.6) is 0 Å². The van der Waals surface area contributed by atoms with Gasteiger partial charge in [-0.2, -0.15) is 0 Å². The van der Waals surface area contributed by atoms with E-state index >= 15 is 0 Å². The first-order valence-electron chi connectivity index (χ1n) is 10.6. The van der Waals surface area contributed by atoms with Gasteiger partial charge >= 0.3 is 0 Å². The molecule has 5 heterocycles. The van der Waals surface area contributed by atoms with Gasteiger partial charge in [-0.05, 0) is 25.0 Å². The maximum absolute atomic E-state index is 6.51. The van der Waals surface area contributed by atoms with E-state index in [1.807, 2.05) is 12.1 Å². The zero-order chi connectivity index (χ0) is 20.8. The lowest BCUT2D eigenvalue weighted by atomic mass is 10.0. The molecule has 0 bridgehead atoms. The standard InChI is InChI=1S/C22H22ClN7O/c23-16-4-1-3-14-11-15(21(28-18(14)16)29-7-9-31-10-8-29)17-5-2-6-30(17)22-19-20(25-12-24-19)26-13-27-22/h1,3-4,11-13,17H,2,5-10H2,(H,24,25,26,27)/t17-/m0/s1. The van der Waals surface area contributed by atoms with Crippen molar-refractivity contribution in [2.45, 2.75) is 18.9 Å².